The number of sulfonamides is 1. The van der Waals surface area contributed by atoms with Gasteiger partial charge in [0.1, 0.15) is 4.90 Å². The van der Waals surface area contributed by atoms with Gasteiger partial charge in [0.05, 0.1) is 0 Å². The average Bonchev–Trinajstić information content (AvgIpc) is 2.48. The third-order valence-electron chi connectivity index (χ3n) is 3.15. The summed E-state index contributed by atoms with van der Waals surface area (Å²) in [5.41, 5.74) is 0.529. The largest absolute Gasteiger partial charge is 0.573 e. The molecule has 11 heteroatoms. The molecule has 0 amide bonds. The molecule has 142 valence electrons. The van der Waals surface area contributed by atoms with Crippen LogP contribution in [0.4, 0.5) is 13.2 Å². The van der Waals surface area contributed by atoms with E-state index in [4.69, 9.17) is 23.2 Å². The molecule has 0 aromatic heterocycles. The second-order valence-electron chi connectivity index (χ2n) is 4.99. The van der Waals surface area contributed by atoms with E-state index in [1.807, 2.05) is 0 Å². The minimum Gasteiger partial charge on any atom is -0.404 e. The minimum atomic E-state index is -5.03. The maximum Gasteiger partial charge on any atom is 0.573 e. The molecule has 0 fully saturated rings. The Morgan fingerprint density at radius 2 is 1.73 bits per heavy atom. The Morgan fingerprint density at radius 1 is 1.12 bits per heavy atom. The van der Waals surface area contributed by atoms with Crippen molar-refractivity contribution in [3.63, 3.8) is 0 Å². The van der Waals surface area contributed by atoms with E-state index in [9.17, 15) is 21.6 Å². The van der Waals surface area contributed by atoms with E-state index >= 15 is 0 Å². The Balaban J connectivity index is 2.20. The van der Waals surface area contributed by atoms with Gasteiger partial charge >= 0.3 is 6.36 Å². The molecule has 4 nitrogen and oxygen atoms in total. The first-order valence-corrected chi connectivity index (χ1v) is 10.0. The van der Waals surface area contributed by atoms with Crippen molar-refractivity contribution in [3.8, 4) is 5.75 Å². The topological polar surface area (TPSA) is 55.4 Å². The normalized spacial score (nSPS) is 12.2. The molecule has 2 aromatic carbocycles. The molecule has 0 unspecified atom stereocenters. The van der Waals surface area contributed by atoms with Gasteiger partial charge in [-0.15, -0.1) is 13.2 Å². The maximum atomic E-state index is 12.5. The first-order chi connectivity index (χ1) is 12.0. The van der Waals surface area contributed by atoms with Gasteiger partial charge in [-0.2, -0.15) is 0 Å². The number of nitrogens with one attached hydrogen (secondary N) is 1. The van der Waals surface area contributed by atoms with Crippen molar-refractivity contribution < 1.29 is 26.3 Å². The lowest BCUT2D eigenvalue weighted by atomic mass is 10.1. The van der Waals surface area contributed by atoms with Gasteiger partial charge in [0.15, 0.2) is 5.75 Å². The van der Waals surface area contributed by atoms with Crippen LogP contribution in [-0.2, 0) is 16.4 Å². The van der Waals surface area contributed by atoms with Crippen molar-refractivity contribution in [3.05, 3.63) is 56.5 Å². The van der Waals surface area contributed by atoms with Gasteiger partial charge in [-0.1, -0.05) is 45.2 Å². The van der Waals surface area contributed by atoms with Crippen LogP contribution in [0.2, 0.25) is 10.0 Å². The molecule has 0 heterocycles. The third-order valence-corrected chi connectivity index (χ3v) is 5.85. The van der Waals surface area contributed by atoms with Crippen LogP contribution in [0.25, 0.3) is 0 Å². The van der Waals surface area contributed by atoms with Crippen LogP contribution in [0.3, 0.4) is 0 Å². The average molecular weight is 493 g/mol. The van der Waals surface area contributed by atoms with E-state index in [1.165, 1.54) is 6.07 Å². The molecule has 0 aliphatic carbocycles. The summed E-state index contributed by atoms with van der Waals surface area (Å²) in [6.45, 7) is -0.118. The van der Waals surface area contributed by atoms with Gasteiger partial charge in [0, 0.05) is 21.1 Å². The number of rotatable bonds is 6. The zero-order valence-corrected chi connectivity index (χ0v) is 16.7. The molecule has 0 atom stereocenters. The Kier molecular flexibility index (Phi) is 6.84. The summed E-state index contributed by atoms with van der Waals surface area (Å²) in [7, 11) is -4.26. The fourth-order valence-corrected chi connectivity index (χ4v) is 4.13. The highest BCUT2D eigenvalue weighted by Crippen LogP contribution is 2.32. The summed E-state index contributed by atoms with van der Waals surface area (Å²) in [5, 5.41) is 0.725. The molecule has 0 aliphatic rings. The zero-order valence-electron chi connectivity index (χ0n) is 12.8. The Morgan fingerprint density at radius 3 is 2.31 bits per heavy atom. The second kappa shape index (κ2) is 8.35. The molecular formula is C15H11BrCl2F3NO3S. The lowest BCUT2D eigenvalue weighted by Gasteiger charge is -2.15. The van der Waals surface area contributed by atoms with Gasteiger partial charge in [-0.05, 0) is 42.3 Å². The van der Waals surface area contributed by atoms with Crippen molar-refractivity contribution >= 4 is 49.2 Å². The third kappa shape index (κ3) is 5.75. The number of benzene rings is 2. The Bertz CT molecular complexity index is 887. The van der Waals surface area contributed by atoms with Crippen LogP contribution in [0.5, 0.6) is 5.75 Å². The van der Waals surface area contributed by atoms with E-state index in [1.54, 1.807) is 18.2 Å². The van der Waals surface area contributed by atoms with E-state index in [0.29, 0.717) is 15.6 Å². The predicted octanol–water partition coefficient (Wildman–Crippen LogP) is 5.18. The number of halogens is 6. The molecule has 2 aromatic rings. The summed E-state index contributed by atoms with van der Waals surface area (Å²) in [4.78, 5) is -0.636. The fraction of sp³-hybridized carbons (Fsp3) is 0.200. The van der Waals surface area contributed by atoms with Crippen LogP contribution in [0.1, 0.15) is 5.56 Å². The summed E-state index contributed by atoms with van der Waals surface area (Å²) >= 11 is 15.0. The standard InChI is InChI=1S/C15H11BrCl2F3NO3S/c16-9-4-5-14(13(8-9)25-15(19,20)21)26(23,24)22-7-6-10-11(17)2-1-3-12(10)18/h1-5,8,22H,6-7H2. The molecule has 0 spiro atoms. The molecule has 0 saturated carbocycles. The molecular weight excluding hydrogens is 482 g/mol. The second-order valence-corrected chi connectivity index (χ2v) is 8.45. The maximum absolute atomic E-state index is 12.5. The van der Waals surface area contributed by atoms with Crippen molar-refractivity contribution in [2.75, 3.05) is 6.54 Å². The van der Waals surface area contributed by atoms with Crippen LogP contribution in [0.15, 0.2) is 45.8 Å². The first-order valence-electron chi connectivity index (χ1n) is 6.97. The van der Waals surface area contributed by atoms with Gasteiger partial charge in [0.2, 0.25) is 10.0 Å². The fourth-order valence-electron chi connectivity index (χ4n) is 2.07. The van der Waals surface area contributed by atoms with Gasteiger partial charge in [-0.25, -0.2) is 13.1 Å². The van der Waals surface area contributed by atoms with Gasteiger partial charge < -0.3 is 4.74 Å². The van der Waals surface area contributed by atoms with E-state index in [2.05, 4.69) is 25.4 Å². The molecule has 1 N–H and O–H groups in total. The SMILES string of the molecule is O=S(=O)(NCCc1c(Cl)cccc1Cl)c1ccc(Br)cc1OC(F)(F)F. The molecule has 0 bridgehead atoms. The summed E-state index contributed by atoms with van der Waals surface area (Å²) in [5.74, 6) is -0.838. The monoisotopic (exact) mass is 491 g/mol. The Hall–Kier alpha value is -1.00. The van der Waals surface area contributed by atoms with Crippen LogP contribution >= 0.6 is 39.1 Å². The lowest BCUT2D eigenvalue weighted by molar-refractivity contribution is -0.275. The van der Waals surface area contributed by atoms with E-state index in [-0.39, 0.29) is 17.4 Å². The summed E-state index contributed by atoms with van der Waals surface area (Å²) in [6.07, 6.45) is -4.88. The molecule has 0 aliphatic heterocycles. The minimum absolute atomic E-state index is 0.118. The van der Waals surface area contributed by atoms with E-state index in [0.717, 1.165) is 12.1 Å². The highest BCUT2D eigenvalue weighted by Gasteiger charge is 2.34. The summed E-state index contributed by atoms with van der Waals surface area (Å²) < 4.78 is 68.6. The summed E-state index contributed by atoms with van der Waals surface area (Å²) in [6, 6.07) is 8.06. The molecule has 2 rings (SSSR count). The highest BCUT2D eigenvalue weighted by molar-refractivity contribution is 9.10. The zero-order chi connectivity index (χ0) is 19.5. The quantitative estimate of drug-likeness (QED) is 0.604. The van der Waals surface area contributed by atoms with E-state index < -0.39 is 27.0 Å². The van der Waals surface area contributed by atoms with Crippen LogP contribution in [-0.4, -0.2) is 21.3 Å². The van der Waals surface area contributed by atoms with Crippen LogP contribution < -0.4 is 9.46 Å². The number of hydrogen-bond donors (Lipinski definition) is 1. The van der Waals surface area contributed by atoms with Gasteiger partial charge in [0.25, 0.3) is 0 Å². The Labute approximate surface area is 166 Å². The van der Waals surface area contributed by atoms with Crippen molar-refractivity contribution in [2.45, 2.75) is 17.7 Å². The molecule has 0 radical (unpaired) electrons. The number of alkyl halides is 3. The lowest BCUT2D eigenvalue weighted by Crippen LogP contribution is -2.27. The first kappa shape index (κ1) is 21.3. The number of ether oxygens (including phenoxy) is 1. The highest BCUT2D eigenvalue weighted by atomic mass is 79.9. The van der Waals surface area contributed by atoms with Crippen molar-refractivity contribution in [2.24, 2.45) is 0 Å². The van der Waals surface area contributed by atoms with Crippen LogP contribution in [0, 0.1) is 0 Å². The van der Waals surface area contributed by atoms with Crippen molar-refractivity contribution in [1.82, 2.24) is 4.72 Å². The van der Waals surface area contributed by atoms with Gasteiger partial charge in [-0.3, -0.25) is 0 Å². The molecule has 26 heavy (non-hydrogen) atoms. The van der Waals surface area contributed by atoms with Crippen molar-refractivity contribution in [1.29, 1.82) is 0 Å². The molecule has 0 saturated heterocycles. The predicted molar refractivity (Wildman–Crippen MR) is 96.2 cm³/mol. The smallest absolute Gasteiger partial charge is 0.404 e. The number of hydrogen-bond acceptors (Lipinski definition) is 3.